The summed E-state index contributed by atoms with van der Waals surface area (Å²) in [6.07, 6.45) is 5.00. The van der Waals surface area contributed by atoms with Gasteiger partial charge in [-0.15, -0.1) is 0 Å². The number of halogens is 1. The molecule has 10 heteroatoms. The van der Waals surface area contributed by atoms with E-state index >= 15 is 0 Å². The average Bonchev–Trinajstić information content (AvgIpc) is 2.81. The Balaban J connectivity index is 1.64. The van der Waals surface area contributed by atoms with E-state index in [1.54, 1.807) is 35.2 Å². The highest BCUT2D eigenvalue weighted by molar-refractivity contribution is 6.31. The van der Waals surface area contributed by atoms with Gasteiger partial charge in [0, 0.05) is 48.5 Å². The number of ether oxygens (including phenoxy) is 1. The van der Waals surface area contributed by atoms with Crippen molar-refractivity contribution in [3.63, 3.8) is 0 Å². The molecule has 200 valence electrons. The fourth-order valence-corrected chi connectivity index (χ4v) is 4.10. The molecule has 37 heavy (non-hydrogen) atoms. The first-order valence-corrected chi connectivity index (χ1v) is 12.8. The van der Waals surface area contributed by atoms with Crippen LogP contribution < -0.4 is 15.0 Å². The molecule has 0 radical (unpaired) electrons. The van der Waals surface area contributed by atoms with Gasteiger partial charge in [0.1, 0.15) is 12.4 Å². The van der Waals surface area contributed by atoms with Crippen molar-refractivity contribution < 1.29 is 24.2 Å². The van der Waals surface area contributed by atoms with Crippen molar-refractivity contribution in [1.29, 1.82) is 0 Å². The van der Waals surface area contributed by atoms with E-state index in [9.17, 15) is 19.5 Å². The number of amides is 3. The van der Waals surface area contributed by atoms with Gasteiger partial charge in [0.2, 0.25) is 5.91 Å². The Morgan fingerprint density at radius 3 is 2.43 bits per heavy atom. The molecule has 1 fully saturated rings. The monoisotopic (exact) mass is 530 g/mol. The van der Waals surface area contributed by atoms with Gasteiger partial charge in [-0.1, -0.05) is 32.4 Å². The normalized spacial score (nSPS) is 13.4. The fourth-order valence-electron chi connectivity index (χ4n) is 3.87. The average molecular weight is 531 g/mol. The molecular formula is C27H35ClN4O5. The molecule has 1 saturated carbocycles. The summed E-state index contributed by atoms with van der Waals surface area (Å²) in [5.41, 5.74) is 0.834. The van der Waals surface area contributed by atoms with E-state index in [2.05, 4.69) is 31.1 Å². The molecule has 0 bridgehead atoms. The highest BCUT2D eigenvalue weighted by Gasteiger charge is 2.30. The lowest BCUT2D eigenvalue weighted by atomic mass is 9.90. The van der Waals surface area contributed by atoms with E-state index in [0.717, 1.165) is 24.2 Å². The summed E-state index contributed by atoms with van der Waals surface area (Å²) in [6.45, 7) is 7.17. The third kappa shape index (κ3) is 8.63. The van der Waals surface area contributed by atoms with E-state index < -0.39 is 6.09 Å². The summed E-state index contributed by atoms with van der Waals surface area (Å²) < 4.78 is 5.78. The summed E-state index contributed by atoms with van der Waals surface area (Å²) in [4.78, 5) is 44.3. The third-order valence-corrected chi connectivity index (χ3v) is 6.30. The number of nitrogens with zero attached hydrogens (tertiary/aromatic N) is 3. The number of carbonyl (C=O) groups excluding carboxylic acids is 2. The molecule has 1 aromatic carbocycles. The number of aromatic nitrogens is 1. The number of benzene rings is 1. The van der Waals surface area contributed by atoms with E-state index in [-0.39, 0.29) is 42.8 Å². The highest BCUT2D eigenvalue weighted by atomic mass is 35.5. The molecule has 0 spiro atoms. The summed E-state index contributed by atoms with van der Waals surface area (Å²) in [5.74, 6) is 0.0800. The maximum Gasteiger partial charge on any atom is 0.411 e. The van der Waals surface area contributed by atoms with E-state index in [1.807, 2.05) is 0 Å². The Morgan fingerprint density at radius 1 is 1.14 bits per heavy atom. The largest absolute Gasteiger partial charge is 0.492 e. The van der Waals surface area contributed by atoms with E-state index in [4.69, 9.17) is 16.3 Å². The van der Waals surface area contributed by atoms with Crippen molar-refractivity contribution in [2.45, 2.75) is 52.5 Å². The molecule has 9 nitrogen and oxygen atoms in total. The Kier molecular flexibility index (Phi) is 9.74. The number of nitrogens with one attached hydrogen (secondary N) is 1. The van der Waals surface area contributed by atoms with Gasteiger partial charge in [-0.3, -0.25) is 19.5 Å². The Hall–Kier alpha value is -3.33. The molecule has 0 unspecified atom stereocenters. The summed E-state index contributed by atoms with van der Waals surface area (Å²) in [5, 5.41) is 12.8. The van der Waals surface area contributed by atoms with Gasteiger partial charge in [-0.05, 0) is 55.0 Å². The smallest absolute Gasteiger partial charge is 0.411 e. The highest BCUT2D eigenvalue weighted by Crippen LogP contribution is 2.29. The zero-order valence-corrected chi connectivity index (χ0v) is 22.3. The molecule has 1 aromatic heterocycles. The molecule has 0 aliphatic heterocycles. The van der Waals surface area contributed by atoms with Crippen molar-refractivity contribution in [1.82, 2.24) is 15.2 Å². The SMILES string of the molecule is CC(C)(C)CNC(=O)CCN(C(=O)c1cc(Cl)cc(OCCN(C(=O)O)c2ccncc2)c1)C1CCC1. The van der Waals surface area contributed by atoms with Crippen LogP contribution in [0.5, 0.6) is 5.75 Å². The van der Waals surface area contributed by atoms with Crippen LogP contribution in [0.25, 0.3) is 0 Å². The predicted molar refractivity (Wildman–Crippen MR) is 142 cm³/mol. The van der Waals surface area contributed by atoms with Crippen LogP contribution in [-0.4, -0.2) is 65.2 Å². The van der Waals surface area contributed by atoms with Crippen LogP contribution in [0.4, 0.5) is 10.5 Å². The molecule has 3 rings (SSSR count). The lowest BCUT2D eigenvalue weighted by Gasteiger charge is -2.37. The minimum absolute atomic E-state index is 0.0177. The lowest BCUT2D eigenvalue weighted by Crippen LogP contribution is -2.46. The third-order valence-electron chi connectivity index (χ3n) is 6.08. The number of anilines is 1. The number of carboxylic acid groups (broad SMARTS) is 1. The van der Waals surface area contributed by atoms with Crippen molar-refractivity contribution in [2.75, 3.05) is 31.1 Å². The van der Waals surface area contributed by atoms with Crippen LogP contribution >= 0.6 is 11.6 Å². The fraction of sp³-hybridized carbons (Fsp3) is 0.481. The second-order valence-electron chi connectivity index (χ2n) is 10.3. The summed E-state index contributed by atoms with van der Waals surface area (Å²) >= 11 is 6.30. The van der Waals surface area contributed by atoms with Crippen LogP contribution in [-0.2, 0) is 4.79 Å². The lowest BCUT2D eigenvalue weighted by molar-refractivity contribution is -0.121. The van der Waals surface area contributed by atoms with Gasteiger partial charge < -0.3 is 20.1 Å². The van der Waals surface area contributed by atoms with Gasteiger partial charge in [0.15, 0.2) is 0 Å². The molecule has 0 saturated heterocycles. The number of hydrogen-bond acceptors (Lipinski definition) is 5. The topological polar surface area (TPSA) is 112 Å². The first kappa shape index (κ1) is 28.2. The molecule has 1 heterocycles. The minimum Gasteiger partial charge on any atom is -0.492 e. The van der Waals surface area contributed by atoms with Crippen LogP contribution in [0.3, 0.4) is 0 Å². The molecule has 2 N–H and O–H groups in total. The van der Waals surface area contributed by atoms with Crippen molar-refractivity contribution in [3.05, 3.63) is 53.3 Å². The molecule has 1 aliphatic rings. The maximum atomic E-state index is 13.5. The zero-order chi connectivity index (χ0) is 27.0. The Labute approximate surface area is 222 Å². The standard InChI is InChI=1S/C27H35ClN4O5/c1-27(2,3)18-30-24(33)9-12-31(21-5-4-6-21)25(34)19-15-20(28)17-23(16-19)37-14-13-32(26(35)36)22-7-10-29-11-8-22/h7-8,10-11,15-17,21H,4-6,9,12-14,18H2,1-3H3,(H,30,33)(H,35,36). The van der Waals surface area contributed by atoms with Gasteiger partial charge >= 0.3 is 6.09 Å². The molecule has 0 atom stereocenters. The van der Waals surface area contributed by atoms with Crippen LogP contribution in [0.15, 0.2) is 42.7 Å². The number of hydrogen-bond donors (Lipinski definition) is 2. The van der Waals surface area contributed by atoms with Crippen LogP contribution in [0.1, 0.15) is 56.8 Å². The van der Waals surface area contributed by atoms with Crippen molar-refractivity contribution in [3.8, 4) is 5.75 Å². The summed E-state index contributed by atoms with van der Waals surface area (Å²) in [7, 11) is 0. The minimum atomic E-state index is -1.11. The van der Waals surface area contributed by atoms with E-state index in [0.29, 0.717) is 35.1 Å². The van der Waals surface area contributed by atoms with Crippen molar-refractivity contribution >= 4 is 35.2 Å². The first-order chi connectivity index (χ1) is 17.5. The second-order valence-corrected chi connectivity index (χ2v) is 10.8. The number of rotatable bonds is 11. The zero-order valence-electron chi connectivity index (χ0n) is 21.6. The Morgan fingerprint density at radius 2 is 1.84 bits per heavy atom. The first-order valence-electron chi connectivity index (χ1n) is 12.4. The molecule has 1 aliphatic carbocycles. The van der Waals surface area contributed by atoms with Crippen LogP contribution in [0, 0.1) is 5.41 Å². The molecule has 2 aromatic rings. The van der Waals surface area contributed by atoms with E-state index in [1.165, 1.54) is 12.4 Å². The molecule has 3 amide bonds. The Bertz CT molecular complexity index is 1090. The van der Waals surface area contributed by atoms with Gasteiger partial charge in [-0.2, -0.15) is 0 Å². The number of pyridine rings is 1. The summed E-state index contributed by atoms with van der Waals surface area (Å²) in [6, 6.07) is 8.07. The van der Waals surface area contributed by atoms with Gasteiger partial charge in [-0.25, -0.2) is 4.79 Å². The van der Waals surface area contributed by atoms with Crippen LogP contribution in [0.2, 0.25) is 5.02 Å². The predicted octanol–water partition coefficient (Wildman–Crippen LogP) is 4.85. The molecular weight excluding hydrogens is 496 g/mol. The number of carbonyl (C=O) groups is 3. The quantitative estimate of drug-likeness (QED) is 0.429. The van der Waals surface area contributed by atoms with Gasteiger partial charge in [0.25, 0.3) is 5.91 Å². The van der Waals surface area contributed by atoms with Gasteiger partial charge in [0.05, 0.1) is 12.2 Å². The van der Waals surface area contributed by atoms with Crippen molar-refractivity contribution in [2.24, 2.45) is 5.41 Å². The second kappa shape index (κ2) is 12.8. The maximum absolute atomic E-state index is 13.5.